The summed E-state index contributed by atoms with van der Waals surface area (Å²) in [5.74, 6) is 0.698. The summed E-state index contributed by atoms with van der Waals surface area (Å²) in [6.07, 6.45) is 9.69. The van der Waals surface area contributed by atoms with Gasteiger partial charge in [-0.15, -0.1) is 0 Å². The molecule has 0 radical (unpaired) electrons. The quantitative estimate of drug-likeness (QED) is 0.335. The number of fused-ring (bicyclic) bond motifs is 1. The Kier molecular flexibility index (Phi) is 5.09. The topological polar surface area (TPSA) is 16.8 Å². The lowest BCUT2D eigenvalue weighted by Crippen LogP contribution is -2.31. The van der Waals surface area contributed by atoms with Gasteiger partial charge >= 0.3 is 0 Å². The molecule has 2 heterocycles. The van der Waals surface area contributed by atoms with Crippen molar-refractivity contribution in [3.8, 4) is 22.5 Å². The normalized spacial score (nSPS) is 14.5. The van der Waals surface area contributed by atoms with Crippen LogP contribution in [-0.2, 0) is 7.05 Å². The highest BCUT2D eigenvalue weighted by atomic mass is 14.9. The number of rotatable bonds is 3. The molecule has 2 heteroatoms. The van der Waals surface area contributed by atoms with Gasteiger partial charge in [0.05, 0.1) is 22.2 Å². The molecule has 2 aromatic heterocycles. The van der Waals surface area contributed by atoms with E-state index < -0.39 is 0 Å². The Morgan fingerprint density at radius 2 is 1.61 bits per heavy atom. The molecule has 1 aliphatic carbocycles. The van der Waals surface area contributed by atoms with Crippen LogP contribution in [0.5, 0.6) is 0 Å². The van der Waals surface area contributed by atoms with Crippen molar-refractivity contribution in [1.29, 1.82) is 0 Å². The van der Waals surface area contributed by atoms with Crippen molar-refractivity contribution in [2.45, 2.75) is 52.4 Å². The molecule has 4 aromatic rings. The van der Waals surface area contributed by atoms with Gasteiger partial charge in [0, 0.05) is 11.6 Å². The average molecular weight is 408 g/mol. The Hall–Kier alpha value is -3.00. The van der Waals surface area contributed by atoms with E-state index in [9.17, 15) is 0 Å². The van der Waals surface area contributed by atoms with Gasteiger partial charge in [0.2, 0.25) is 5.69 Å². The molecule has 0 unspecified atom stereocenters. The highest BCUT2D eigenvalue weighted by Gasteiger charge is 2.23. The molecule has 0 N–H and O–H groups in total. The van der Waals surface area contributed by atoms with Crippen LogP contribution >= 0.6 is 0 Å². The molecular formula is C29H31N2+. The van der Waals surface area contributed by atoms with Gasteiger partial charge in [0.15, 0.2) is 6.20 Å². The van der Waals surface area contributed by atoms with Gasteiger partial charge in [-0.05, 0) is 74.4 Å². The third kappa shape index (κ3) is 3.54. The van der Waals surface area contributed by atoms with Crippen LogP contribution in [0.3, 0.4) is 0 Å². The molecule has 0 amide bonds. The zero-order chi connectivity index (χ0) is 21.5. The SMILES string of the molecule is Cc1cc(C)c(C)c(-c2c3ccccc3c(-c3ccc(C4CCCC4)cn3)c[n+]2C)c1. The van der Waals surface area contributed by atoms with Crippen molar-refractivity contribution < 1.29 is 4.57 Å². The molecule has 1 saturated carbocycles. The predicted octanol–water partition coefficient (Wildman–Crippen LogP) is 6.98. The van der Waals surface area contributed by atoms with Crippen LogP contribution in [0.25, 0.3) is 33.3 Å². The van der Waals surface area contributed by atoms with Gasteiger partial charge in [0.1, 0.15) is 7.05 Å². The van der Waals surface area contributed by atoms with Crippen LogP contribution in [0, 0.1) is 20.8 Å². The maximum atomic E-state index is 4.92. The first-order chi connectivity index (χ1) is 15.0. The molecule has 1 aliphatic rings. The summed E-state index contributed by atoms with van der Waals surface area (Å²) in [7, 11) is 2.16. The first-order valence-corrected chi connectivity index (χ1v) is 11.5. The monoisotopic (exact) mass is 407 g/mol. The third-order valence-corrected chi connectivity index (χ3v) is 7.10. The molecule has 0 bridgehead atoms. The van der Waals surface area contributed by atoms with E-state index in [1.54, 1.807) is 0 Å². The number of benzene rings is 2. The van der Waals surface area contributed by atoms with Crippen LogP contribution in [-0.4, -0.2) is 4.98 Å². The smallest absolute Gasteiger partial charge is 0.220 e. The minimum absolute atomic E-state index is 0.698. The zero-order valence-corrected chi connectivity index (χ0v) is 19.1. The van der Waals surface area contributed by atoms with Crippen LogP contribution < -0.4 is 4.57 Å². The Bertz CT molecular complexity index is 1260. The number of aromatic nitrogens is 2. The first kappa shape index (κ1) is 19.9. The molecule has 156 valence electrons. The molecule has 2 nitrogen and oxygen atoms in total. The largest absolute Gasteiger partial charge is 0.256 e. The highest BCUT2D eigenvalue weighted by molar-refractivity contribution is 6.01. The summed E-state index contributed by atoms with van der Waals surface area (Å²) in [6.45, 7) is 6.62. The molecule has 31 heavy (non-hydrogen) atoms. The highest BCUT2D eigenvalue weighted by Crippen LogP contribution is 2.36. The number of pyridine rings is 2. The standard InChI is InChI=1S/C29H31N2/c1-19-15-20(2)21(3)26(16-19)29-25-12-8-7-11-24(25)27(18-31(29)4)28-14-13-23(17-30-28)22-9-5-6-10-22/h7-8,11-18,22H,5-6,9-10H2,1-4H3/q+1. The molecule has 0 aliphatic heterocycles. The number of aryl methyl sites for hydroxylation is 3. The first-order valence-electron chi connectivity index (χ1n) is 11.5. The Labute approximate surface area is 185 Å². The average Bonchev–Trinajstić information content (AvgIpc) is 3.31. The van der Waals surface area contributed by atoms with Crippen molar-refractivity contribution in [1.82, 2.24) is 4.98 Å². The van der Waals surface area contributed by atoms with Crippen LogP contribution in [0.1, 0.15) is 53.9 Å². The van der Waals surface area contributed by atoms with Gasteiger partial charge in [-0.2, -0.15) is 4.57 Å². The van der Waals surface area contributed by atoms with Crippen molar-refractivity contribution >= 4 is 10.8 Å². The van der Waals surface area contributed by atoms with E-state index in [4.69, 9.17) is 4.98 Å². The molecule has 1 fully saturated rings. The second-order valence-electron chi connectivity index (χ2n) is 9.26. The van der Waals surface area contributed by atoms with E-state index in [1.807, 2.05) is 0 Å². The Morgan fingerprint density at radius 3 is 2.32 bits per heavy atom. The number of hydrogen-bond acceptors (Lipinski definition) is 1. The van der Waals surface area contributed by atoms with Crippen LogP contribution in [0.2, 0.25) is 0 Å². The summed E-state index contributed by atoms with van der Waals surface area (Å²) in [4.78, 5) is 4.92. The zero-order valence-electron chi connectivity index (χ0n) is 19.1. The lowest BCUT2D eigenvalue weighted by molar-refractivity contribution is -0.658. The third-order valence-electron chi connectivity index (χ3n) is 7.10. The van der Waals surface area contributed by atoms with Gasteiger partial charge in [-0.3, -0.25) is 4.98 Å². The fourth-order valence-corrected chi connectivity index (χ4v) is 5.33. The van der Waals surface area contributed by atoms with Crippen molar-refractivity contribution in [3.05, 3.63) is 83.2 Å². The fourth-order valence-electron chi connectivity index (χ4n) is 5.33. The van der Waals surface area contributed by atoms with E-state index in [-0.39, 0.29) is 0 Å². The minimum atomic E-state index is 0.698. The van der Waals surface area contributed by atoms with Crippen LogP contribution in [0.4, 0.5) is 0 Å². The second-order valence-corrected chi connectivity index (χ2v) is 9.26. The maximum absolute atomic E-state index is 4.92. The van der Waals surface area contributed by atoms with E-state index in [1.165, 1.54) is 75.5 Å². The van der Waals surface area contributed by atoms with Crippen molar-refractivity contribution in [2.24, 2.45) is 7.05 Å². The van der Waals surface area contributed by atoms with Gasteiger partial charge in [0.25, 0.3) is 0 Å². The van der Waals surface area contributed by atoms with Gasteiger partial charge in [-0.25, -0.2) is 0 Å². The second kappa shape index (κ2) is 7.92. The van der Waals surface area contributed by atoms with Crippen molar-refractivity contribution in [2.75, 3.05) is 0 Å². The summed E-state index contributed by atoms with van der Waals surface area (Å²) in [5, 5.41) is 2.53. The molecular weight excluding hydrogens is 376 g/mol. The number of hydrogen-bond donors (Lipinski definition) is 0. The molecule has 0 saturated heterocycles. The van der Waals surface area contributed by atoms with E-state index in [0.717, 1.165) is 5.69 Å². The minimum Gasteiger partial charge on any atom is -0.256 e. The maximum Gasteiger partial charge on any atom is 0.220 e. The van der Waals surface area contributed by atoms with E-state index in [0.29, 0.717) is 5.92 Å². The number of nitrogens with zero attached hydrogens (tertiary/aromatic N) is 2. The summed E-state index contributed by atoms with van der Waals surface area (Å²) in [6, 6.07) is 17.9. The Morgan fingerprint density at radius 1 is 0.871 bits per heavy atom. The molecule has 5 rings (SSSR count). The summed E-state index contributed by atoms with van der Waals surface area (Å²) < 4.78 is 2.28. The van der Waals surface area contributed by atoms with E-state index in [2.05, 4.69) is 93.3 Å². The lowest BCUT2D eigenvalue weighted by atomic mass is 9.93. The van der Waals surface area contributed by atoms with Crippen molar-refractivity contribution in [3.63, 3.8) is 0 Å². The summed E-state index contributed by atoms with van der Waals surface area (Å²) in [5.41, 5.74) is 10.2. The summed E-state index contributed by atoms with van der Waals surface area (Å²) >= 11 is 0. The predicted molar refractivity (Wildman–Crippen MR) is 129 cm³/mol. The van der Waals surface area contributed by atoms with Gasteiger partial charge in [-0.1, -0.05) is 48.7 Å². The molecule has 2 aromatic carbocycles. The lowest BCUT2D eigenvalue weighted by Gasteiger charge is -2.14. The fraction of sp³-hybridized carbons (Fsp3) is 0.310. The van der Waals surface area contributed by atoms with E-state index >= 15 is 0 Å². The Balaban J connectivity index is 1.68. The molecule has 0 atom stereocenters. The van der Waals surface area contributed by atoms with Crippen LogP contribution in [0.15, 0.2) is 60.9 Å². The molecule has 0 spiro atoms. The van der Waals surface area contributed by atoms with Gasteiger partial charge < -0.3 is 0 Å².